The first-order valence-corrected chi connectivity index (χ1v) is 6.38. The average Bonchev–Trinajstić information content (AvgIpc) is 2.26. The van der Waals surface area contributed by atoms with Gasteiger partial charge in [-0.1, -0.05) is 12.1 Å². The van der Waals surface area contributed by atoms with Crippen LogP contribution in [0.1, 0.15) is 19.8 Å². The second-order valence-electron chi connectivity index (χ2n) is 4.16. The smallest absolute Gasteiger partial charge is 0.237 e. The zero-order valence-electron chi connectivity index (χ0n) is 9.78. The van der Waals surface area contributed by atoms with Gasteiger partial charge in [0.2, 0.25) is 5.91 Å². The fourth-order valence-electron chi connectivity index (χ4n) is 1.31. The van der Waals surface area contributed by atoms with Crippen molar-refractivity contribution in [3.63, 3.8) is 0 Å². The Kier molecular flexibility index (Phi) is 4.96. The molecule has 1 rings (SSSR count). The minimum atomic E-state index is -0.976. The summed E-state index contributed by atoms with van der Waals surface area (Å²) in [5, 5.41) is 0. The lowest BCUT2D eigenvalue weighted by atomic mass is 9.97. The lowest BCUT2D eigenvalue weighted by Crippen LogP contribution is -2.49. The Labute approximate surface area is 105 Å². The second kappa shape index (κ2) is 6.02. The standard InChI is InChI=1S/C12H17FN2OS/c1-12(15,11(14)16)7-4-8-17-10-6-3-2-5-9(10)13/h2-3,5-6H,4,7-8,15H2,1H3,(H2,14,16). The normalized spacial score (nSPS) is 14.3. The molecule has 0 aliphatic heterocycles. The van der Waals surface area contributed by atoms with Crippen molar-refractivity contribution in [3.8, 4) is 0 Å². The van der Waals surface area contributed by atoms with Crippen LogP contribution in [-0.4, -0.2) is 17.2 Å². The van der Waals surface area contributed by atoms with Crippen molar-refractivity contribution in [2.75, 3.05) is 5.75 Å². The molecular formula is C12H17FN2OS. The molecule has 0 aromatic heterocycles. The van der Waals surface area contributed by atoms with E-state index in [1.165, 1.54) is 17.8 Å². The van der Waals surface area contributed by atoms with E-state index in [9.17, 15) is 9.18 Å². The molecule has 1 aromatic carbocycles. The molecule has 1 aromatic rings. The quantitative estimate of drug-likeness (QED) is 0.603. The molecular weight excluding hydrogens is 239 g/mol. The molecule has 0 saturated carbocycles. The molecule has 17 heavy (non-hydrogen) atoms. The molecule has 0 saturated heterocycles. The van der Waals surface area contributed by atoms with E-state index < -0.39 is 11.4 Å². The number of amides is 1. The van der Waals surface area contributed by atoms with Crippen LogP contribution in [0.4, 0.5) is 4.39 Å². The van der Waals surface area contributed by atoms with Crippen LogP contribution in [0.5, 0.6) is 0 Å². The summed E-state index contributed by atoms with van der Waals surface area (Å²) in [7, 11) is 0. The van der Waals surface area contributed by atoms with Crippen LogP contribution in [0.15, 0.2) is 29.2 Å². The summed E-state index contributed by atoms with van der Waals surface area (Å²) in [5.74, 6) is -0.0163. The number of primary amides is 1. The van der Waals surface area contributed by atoms with Gasteiger partial charge >= 0.3 is 0 Å². The summed E-state index contributed by atoms with van der Waals surface area (Å²) >= 11 is 1.42. The number of carbonyl (C=O) groups excluding carboxylic acids is 1. The van der Waals surface area contributed by atoms with E-state index in [0.717, 1.165) is 6.42 Å². The number of nitrogens with two attached hydrogens (primary N) is 2. The van der Waals surface area contributed by atoms with Crippen molar-refractivity contribution >= 4 is 17.7 Å². The van der Waals surface area contributed by atoms with Crippen molar-refractivity contribution in [2.24, 2.45) is 11.5 Å². The molecule has 0 aliphatic carbocycles. The molecule has 0 aliphatic rings. The number of thioether (sulfide) groups is 1. The Morgan fingerprint density at radius 1 is 1.47 bits per heavy atom. The van der Waals surface area contributed by atoms with Crippen LogP contribution in [0.25, 0.3) is 0 Å². The van der Waals surface area contributed by atoms with Crippen molar-refractivity contribution in [1.29, 1.82) is 0 Å². The molecule has 0 radical (unpaired) electrons. The molecule has 1 unspecified atom stereocenters. The average molecular weight is 256 g/mol. The minimum absolute atomic E-state index is 0.220. The Bertz CT molecular complexity index is 396. The molecule has 0 heterocycles. The number of carbonyl (C=O) groups is 1. The van der Waals surface area contributed by atoms with E-state index in [1.807, 2.05) is 0 Å². The summed E-state index contributed by atoms with van der Waals surface area (Å²) < 4.78 is 13.3. The van der Waals surface area contributed by atoms with Gasteiger partial charge in [0.25, 0.3) is 0 Å². The Hall–Kier alpha value is -1.07. The zero-order chi connectivity index (χ0) is 12.9. The highest BCUT2D eigenvalue weighted by Crippen LogP contribution is 2.23. The summed E-state index contributed by atoms with van der Waals surface area (Å²) in [5.41, 5.74) is 9.89. The van der Waals surface area contributed by atoms with Crippen LogP contribution in [0.3, 0.4) is 0 Å². The van der Waals surface area contributed by atoms with Gasteiger partial charge in [-0.3, -0.25) is 4.79 Å². The Morgan fingerprint density at radius 2 is 2.12 bits per heavy atom. The van der Waals surface area contributed by atoms with Crippen molar-refractivity contribution < 1.29 is 9.18 Å². The molecule has 1 amide bonds. The fourth-order valence-corrected chi connectivity index (χ4v) is 2.20. The molecule has 4 N–H and O–H groups in total. The van der Waals surface area contributed by atoms with Crippen LogP contribution in [-0.2, 0) is 4.79 Å². The van der Waals surface area contributed by atoms with Crippen LogP contribution >= 0.6 is 11.8 Å². The third-order valence-electron chi connectivity index (χ3n) is 2.50. The number of hydrogen-bond donors (Lipinski definition) is 2. The monoisotopic (exact) mass is 256 g/mol. The van der Waals surface area contributed by atoms with Crippen molar-refractivity contribution in [1.82, 2.24) is 0 Å². The van der Waals surface area contributed by atoms with Gasteiger partial charge in [0.15, 0.2) is 0 Å². The van der Waals surface area contributed by atoms with Crippen LogP contribution in [0.2, 0.25) is 0 Å². The van der Waals surface area contributed by atoms with Gasteiger partial charge in [-0.2, -0.15) is 0 Å². The van der Waals surface area contributed by atoms with E-state index >= 15 is 0 Å². The molecule has 3 nitrogen and oxygen atoms in total. The van der Waals surface area contributed by atoms with Gasteiger partial charge in [-0.05, 0) is 37.7 Å². The van der Waals surface area contributed by atoms with Gasteiger partial charge < -0.3 is 11.5 Å². The summed E-state index contributed by atoms with van der Waals surface area (Å²) in [6, 6.07) is 6.61. The second-order valence-corrected chi connectivity index (χ2v) is 5.30. The van der Waals surface area contributed by atoms with E-state index in [4.69, 9.17) is 11.5 Å². The highest BCUT2D eigenvalue weighted by Gasteiger charge is 2.24. The SMILES string of the molecule is CC(N)(CCCSc1ccccc1F)C(N)=O. The van der Waals surface area contributed by atoms with Crippen molar-refractivity contribution in [3.05, 3.63) is 30.1 Å². The maximum absolute atomic E-state index is 13.3. The summed E-state index contributed by atoms with van der Waals surface area (Å²) in [4.78, 5) is 11.6. The fraction of sp³-hybridized carbons (Fsp3) is 0.417. The summed E-state index contributed by atoms with van der Waals surface area (Å²) in [6.07, 6.45) is 1.22. The van der Waals surface area contributed by atoms with Crippen LogP contribution < -0.4 is 11.5 Å². The predicted octanol–water partition coefficient (Wildman–Crippen LogP) is 1.90. The first-order chi connectivity index (χ1) is 7.93. The van der Waals surface area contributed by atoms with Gasteiger partial charge in [0.1, 0.15) is 5.82 Å². The highest BCUT2D eigenvalue weighted by molar-refractivity contribution is 7.99. The topological polar surface area (TPSA) is 69.1 Å². The number of halogens is 1. The highest BCUT2D eigenvalue weighted by atomic mass is 32.2. The van der Waals surface area contributed by atoms with Gasteiger partial charge in [-0.15, -0.1) is 11.8 Å². The molecule has 94 valence electrons. The van der Waals surface area contributed by atoms with Crippen molar-refractivity contribution in [2.45, 2.75) is 30.2 Å². The molecule has 0 fully saturated rings. The first-order valence-electron chi connectivity index (χ1n) is 5.39. The first kappa shape index (κ1) is 14.0. The van der Waals surface area contributed by atoms with E-state index in [-0.39, 0.29) is 5.82 Å². The lowest BCUT2D eigenvalue weighted by Gasteiger charge is -2.19. The molecule has 1 atom stereocenters. The van der Waals surface area contributed by atoms with Crippen LogP contribution in [0, 0.1) is 5.82 Å². The van der Waals surface area contributed by atoms with E-state index in [0.29, 0.717) is 17.1 Å². The molecule has 5 heteroatoms. The minimum Gasteiger partial charge on any atom is -0.368 e. The lowest BCUT2D eigenvalue weighted by molar-refractivity contribution is -0.122. The summed E-state index contributed by atoms with van der Waals surface area (Å²) in [6.45, 7) is 1.61. The van der Waals surface area contributed by atoms with E-state index in [2.05, 4.69) is 0 Å². The third-order valence-corrected chi connectivity index (χ3v) is 3.63. The maximum atomic E-state index is 13.3. The zero-order valence-corrected chi connectivity index (χ0v) is 10.6. The number of hydrogen-bond acceptors (Lipinski definition) is 3. The van der Waals surface area contributed by atoms with Gasteiger partial charge in [0, 0.05) is 4.90 Å². The molecule has 0 spiro atoms. The Balaban J connectivity index is 2.35. The van der Waals surface area contributed by atoms with Gasteiger partial charge in [-0.25, -0.2) is 4.39 Å². The van der Waals surface area contributed by atoms with Gasteiger partial charge in [0.05, 0.1) is 5.54 Å². The molecule has 0 bridgehead atoms. The largest absolute Gasteiger partial charge is 0.368 e. The predicted molar refractivity (Wildman–Crippen MR) is 68.1 cm³/mol. The number of rotatable bonds is 6. The maximum Gasteiger partial charge on any atom is 0.237 e. The third kappa shape index (κ3) is 4.36. The Morgan fingerprint density at radius 3 is 2.71 bits per heavy atom. The number of benzene rings is 1. The van der Waals surface area contributed by atoms with E-state index in [1.54, 1.807) is 25.1 Å².